The fourth-order valence-electron chi connectivity index (χ4n) is 4.05. The average molecular weight is 437 g/mol. The maximum atomic E-state index is 12.9. The SMILES string of the molecule is Cc1ccc(-c2csc3nc(CNc4ccccc4N4CCCCC4)[nH]c(=O)c23)s1. The van der Waals surface area contributed by atoms with E-state index in [9.17, 15) is 4.79 Å². The molecule has 0 aliphatic carbocycles. The minimum atomic E-state index is -0.0663. The smallest absolute Gasteiger partial charge is 0.260 e. The van der Waals surface area contributed by atoms with Crippen LogP contribution < -0.4 is 15.8 Å². The Labute approximate surface area is 183 Å². The van der Waals surface area contributed by atoms with Crippen molar-refractivity contribution in [1.82, 2.24) is 9.97 Å². The number of H-pyrrole nitrogens is 1. The molecule has 3 aromatic heterocycles. The number of nitrogens with one attached hydrogen (secondary N) is 2. The van der Waals surface area contributed by atoms with Gasteiger partial charge in [0.2, 0.25) is 0 Å². The van der Waals surface area contributed by atoms with Gasteiger partial charge in [0.15, 0.2) is 0 Å². The molecule has 1 aliphatic heterocycles. The number of para-hydroxylation sites is 2. The molecule has 1 aromatic carbocycles. The predicted octanol–water partition coefficient (Wildman–Crippen LogP) is 5.62. The molecule has 1 saturated heterocycles. The van der Waals surface area contributed by atoms with Gasteiger partial charge in [0.25, 0.3) is 5.56 Å². The number of piperidine rings is 1. The molecule has 0 radical (unpaired) electrons. The average Bonchev–Trinajstić information content (AvgIpc) is 3.39. The third kappa shape index (κ3) is 3.75. The normalized spacial score (nSPS) is 14.4. The maximum absolute atomic E-state index is 12.9. The van der Waals surface area contributed by atoms with Crippen molar-refractivity contribution < 1.29 is 0 Å². The number of fused-ring (bicyclic) bond motifs is 1. The van der Waals surface area contributed by atoms with E-state index in [-0.39, 0.29) is 5.56 Å². The Morgan fingerprint density at radius 3 is 2.77 bits per heavy atom. The van der Waals surface area contributed by atoms with Crippen molar-refractivity contribution in [3.63, 3.8) is 0 Å². The summed E-state index contributed by atoms with van der Waals surface area (Å²) in [6.45, 7) is 4.76. The summed E-state index contributed by atoms with van der Waals surface area (Å²) in [6, 6.07) is 12.6. The number of benzene rings is 1. The molecule has 154 valence electrons. The van der Waals surface area contributed by atoms with Crippen molar-refractivity contribution in [2.75, 3.05) is 23.3 Å². The summed E-state index contributed by atoms with van der Waals surface area (Å²) in [7, 11) is 0. The lowest BCUT2D eigenvalue weighted by molar-refractivity contribution is 0.578. The monoisotopic (exact) mass is 436 g/mol. The van der Waals surface area contributed by atoms with Crippen LogP contribution in [0.15, 0.2) is 46.6 Å². The van der Waals surface area contributed by atoms with Crippen LogP contribution in [0.5, 0.6) is 0 Å². The number of aryl methyl sites for hydroxylation is 1. The fourth-order valence-corrected chi connectivity index (χ4v) is 5.97. The third-order valence-electron chi connectivity index (χ3n) is 5.55. The molecule has 1 fully saturated rings. The Kier molecular flexibility index (Phi) is 5.31. The van der Waals surface area contributed by atoms with Crippen LogP contribution in [0.25, 0.3) is 20.7 Å². The van der Waals surface area contributed by atoms with Crippen molar-refractivity contribution in [3.05, 3.63) is 62.8 Å². The summed E-state index contributed by atoms with van der Waals surface area (Å²) in [4.78, 5) is 26.2. The Balaban J connectivity index is 1.40. The van der Waals surface area contributed by atoms with Crippen LogP contribution in [0.1, 0.15) is 30.0 Å². The molecule has 2 N–H and O–H groups in total. The highest BCUT2D eigenvalue weighted by atomic mass is 32.1. The van der Waals surface area contributed by atoms with Crippen molar-refractivity contribution in [3.8, 4) is 10.4 Å². The second-order valence-electron chi connectivity index (χ2n) is 7.67. The van der Waals surface area contributed by atoms with Crippen LogP contribution in [-0.2, 0) is 6.54 Å². The summed E-state index contributed by atoms with van der Waals surface area (Å²) < 4.78 is 0. The highest BCUT2D eigenvalue weighted by molar-refractivity contribution is 7.19. The van der Waals surface area contributed by atoms with E-state index in [1.54, 1.807) is 11.3 Å². The molecule has 0 atom stereocenters. The first-order chi connectivity index (χ1) is 14.7. The van der Waals surface area contributed by atoms with Crippen LogP contribution in [0.3, 0.4) is 0 Å². The highest BCUT2D eigenvalue weighted by Crippen LogP contribution is 2.35. The third-order valence-corrected chi connectivity index (χ3v) is 7.45. The number of hydrogen-bond acceptors (Lipinski definition) is 6. The van der Waals surface area contributed by atoms with Gasteiger partial charge in [-0.1, -0.05) is 12.1 Å². The molecule has 7 heteroatoms. The molecule has 1 aliphatic rings. The molecular weight excluding hydrogens is 412 g/mol. The number of anilines is 2. The minimum absolute atomic E-state index is 0.0663. The molecule has 0 saturated carbocycles. The minimum Gasteiger partial charge on any atom is -0.376 e. The van der Waals surface area contributed by atoms with E-state index in [2.05, 4.69) is 52.5 Å². The van der Waals surface area contributed by atoms with Crippen LogP contribution in [0.4, 0.5) is 11.4 Å². The Morgan fingerprint density at radius 2 is 1.97 bits per heavy atom. The van der Waals surface area contributed by atoms with Gasteiger partial charge in [-0.05, 0) is 50.5 Å². The molecule has 4 heterocycles. The van der Waals surface area contributed by atoms with Gasteiger partial charge in [-0.3, -0.25) is 4.79 Å². The van der Waals surface area contributed by atoms with Gasteiger partial charge in [-0.15, -0.1) is 22.7 Å². The molecule has 0 bridgehead atoms. The van der Waals surface area contributed by atoms with Gasteiger partial charge in [0.1, 0.15) is 10.7 Å². The van der Waals surface area contributed by atoms with Gasteiger partial charge < -0.3 is 15.2 Å². The zero-order valence-corrected chi connectivity index (χ0v) is 18.5. The summed E-state index contributed by atoms with van der Waals surface area (Å²) in [5.41, 5.74) is 3.23. The zero-order valence-electron chi connectivity index (χ0n) is 16.9. The van der Waals surface area contributed by atoms with E-state index in [0.29, 0.717) is 17.8 Å². The number of thiophene rings is 2. The molecule has 0 unspecified atom stereocenters. The van der Waals surface area contributed by atoms with Crippen molar-refractivity contribution in [1.29, 1.82) is 0 Å². The summed E-state index contributed by atoms with van der Waals surface area (Å²) in [5, 5.41) is 6.23. The Hall–Kier alpha value is -2.64. The second-order valence-corrected chi connectivity index (χ2v) is 9.82. The predicted molar refractivity (Wildman–Crippen MR) is 128 cm³/mol. The molecule has 0 spiro atoms. The van der Waals surface area contributed by atoms with Gasteiger partial charge in [0, 0.05) is 33.8 Å². The standard InChI is InChI=1S/C23H24N4OS2/c1-15-9-10-19(30-15)16-14-29-23-21(16)22(28)25-20(26-23)13-24-17-7-3-4-8-18(17)27-11-5-2-6-12-27/h3-4,7-10,14,24H,2,5-6,11-13H2,1H3,(H,25,26,28). The molecule has 30 heavy (non-hydrogen) atoms. The number of rotatable bonds is 5. The van der Waals surface area contributed by atoms with Crippen LogP contribution in [0.2, 0.25) is 0 Å². The van der Waals surface area contributed by atoms with E-state index in [4.69, 9.17) is 4.98 Å². The highest BCUT2D eigenvalue weighted by Gasteiger charge is 2.16. The molecule has 5 rings (SSSR count). The Bertz CT molecular complexity index is 1230. The topological polar surface area (TPSA) is 61.0 Å². The molecule has 0 amide bonds. The lowest BCUT2D eigenvalue weighted by Crippen LogP contribution is -2.30. The summed E-state index contributed by atoms with van der Waals surface area (Å²) >= 11 is 3.24. The number of hydrogen-bond donors (Lipinski definition) is 2. The zero-order chi connectivity index (χ0) is 20.5. The van der Waals surface area contributed by atoms with Gasteiger partial charge in [-0.2, -0.15) is 0 Å². The first-order valence-corrected chi connectivity index (χ1v) is 12.0. The van der Waals surface area contributed by atoms with E-state index in [1.807, 2.05) is 11.4 Å². The van der Waals surface area contributed by atoms with Crippen molar-refractivity contribution >= 4 is 44.3 Å². The molecule has 4 aromatic rings. The number of aromatic amines is 1. The first kappa shape index (κ1) is 19.3. The van der Waals surface area contributed by atoms with E-state index in [1.165, 1.54) is 41.2 Å². The van der Waals surface area contributed by atoms with Gasteiger partial charge in [-0.25, -0.2) is 4.98 Å². The largest absolute Gasteiger partial charge is 0.376 e. The number of aromatic nitrogens is 2. The fraction of sp³-hybridized carbons (Fsp3) is 0.304. The number of nitrogens with zero attached hydrogens (tertiary/aromatic N) is 2. The van der Waals surface area contributed by atoms with Crippen LogP contribution in [-0.4, -0.2) is 23.1 Å². The van der Waals surface area contributed by atoms with E-state index < -0.39 is 0 Å². The van der Waals surface area contributed by atoms with Crippen LogP contribution in [0, 0.1) is 6.92 Å². The first-order valence-electron chi connectivity index (χ1n) is 10.3. The lowest BCUT2D eigenvalue weighted by Gasteiger charge is -2.30. The molecule has 5 nitrogen and oxygen atoms in total. The quantitative estimate of drug-likeness (QED) is 0.426. The maximum Gasteiger partial charge on any atom is 0.260 e. The van der Waals surface area contributed by atoms with Crippen molar-refractivity contribution in [2.24, 2.45) is 0 Å². The summed E-state index contributed by atoms with van der Waals surface area (Å²) in [6.07, 6.45) is 3.79. The Morgan fingerprint density at radius 1 is 1.13 bits per heavy atom. The van der Waals surface area contributed by atoms with E-state index >= 15 is 0 Å². The van der Waals surface area contributed by atoms with E-state index in [0.717, 1.165) is 34.0 Å². The van der Waals surface area contributed by atoms with Crippen molar-refractivity contribution in [2.45, 2.75) is 32.7 Å². The van der Waals surface area contributed by atoms with Gasteiger partial charge >= 0.3 is 0 Å². The summed E-state index contributed by atoms with van der Waals surface area (Å²) in [5.74, 6) is 0.664. The van der Waals surface area contributed by atoms with Gasteiger partial charge in [0.05, 0.1) is 23.3 Å². The molecular formula is C23H24N4OS2. The second kappa shape index (κ2) is 8.24. The lowest BCUT2D eigenvalue weighted by atomic mass is 10.1. The van der Waals surface area contributed by atoms with Crippen LogP contribution >= 0.6 is 22.7 Å².